The van der Waals surface area contributed by atoms with E-state index in [2.05, 4.69) is 27.7 Å². The van der Waals surface area contributed by atoms with Crippen LogP contribution in [0.25, 0.3) is 0 Å². The molecule has 1 saturated heterocycles. The molecule has 1 aliphatic rings. The van der Waals surface area contributed by atoms with E-state index < -0.39 is 10.9 Å². The summed E-state index contributed by atoms with van der Waals surface area (Å²) in [7, 11) is 0. The van der Waals surface area contributed by atoms with Gasteiger partial charge in [-0.1, -0.05) is 52.0 Å². The summed E-state index contributed by atoms with van der Waals surface area (Å²) in [5.41, 5.74) is 2.86. The molecule has 1 heterocycles. The standard InChI is InChI=1S/C24H30N2O4/c1-17-11-13-25(14-12-17)21-10-7-19(15-22(21)26(28)29)23(27)30-16-18-5-8-20(9-6-18)24(2,3)4/h5-10,15,17H,11-14,16H2,1-4H3. The number of hydrogen-bond donors (Lipinski definition) is 0. The van der Waals surface area contributed by atoms with Crippen LogP contribution in [-0.4, -0.2) is 24.0 Å². The van der Waals surface area contributed by atoms with Gasteiger partial charge in [0.2, 0.25) is 0 Å². The number of benzene rings is 2. The van der Waals surface area contributed by atoms with Crippen LogP contribution in [-0.2, 0) is 16.8 Å². The van der Waals surface area contributed by atoms with Gasteiger partial charge < -0.3 is 9.64 Å². The number of hydrogen-bond acceptors (Lipinski definition) is 5. The summed E-state index contributed by atoms with van der Waals surface area (Å²) in [6, 6.07) is 12.6. The van der Waals surface area contributed by atoms with Crippen LogP contribution in [0.15, 0.2) is 42.5 Å². The average molecular weight is 411 g/mol. The molecule has 0 N–H and O–H groups in total. The highest BCUT2D eigenvalue weighted by Gasteiger charge is 2.25. The predicted octanol–water partition coefficient (Wildman–Crippen LogP) is 5.49. The molecule has 1 fully saturated rings. The fourth-order valence-electron chi connectivity index (χ4n) is 3.65. The van der Waals surface area contributed by atoms with Crippen molar-refractivity contribution in [3.8, 4) is 0 Å². The van der Waals surface area contributed by atoms with Crippen LogP contribution in [0, 0.1) is 16.0 Å². The van der Waals surface area contributed by atoms with Crippen molar-refractivity contribution in [3.05, 3.63) is 69.3 Å². The van der Waals surface area contributed by atoms with Gasteiger partial charge in [0, 0.05) is 19.2 Å². The van der Waals surface area contributed by atoms with Gasteiger partial charge in [0.1, 0.15) is 12.3 Å². The Hall–Kier alpha value is -2.89. The Kier molecular flexibility index (Phi) is 6.44. The normalized spacial score (nSPS) is 15.1. The van der Waals surface area contributed by atoms with Crippen molar-refractivity contribution in [2.24, 2.45) is 5.92 Å². The fraction of sp³-hybridized carbons (Fsp3) is 0.458. The number of anilines is 1. The minimum absolute atomic E-state index is 0.0477. The molecule has 0 aromatic heterocycles. The van der Waals surface area contributed by atoms with Gasteiger partial charge in [-0.15, -0.1) is 0 Å². The summed E-state index contributed by atoms with van der Waals surface area (Å²) in [6.07, 6.45) is 2.02. The lowest BCUT2D eigenvalue weighted by Crippen LogP contribution is -2.33. The van der Waals surface area contributed by atoms with E-state index in [1.54, 1.807) is 12.1 Å². The Balaban J connectivity index is 1.70. The molecule has 3 rings (SSSR count). The third-order valence-electron chi connectivity index (χ3n) is 5.72. The number of ether oxygens (including phenoxy) is 1. The van der Waals surface area contributed by atoms with Crippen molar-refractivity contribution in [2.45, 2.75) is 52.6 Å². The van der Waals surface area contributed by atoms with Gasteiger partial charge >= 0.3 is 5.97 Å². The second kappa shape index (κ2) is 8.86. The van der Waals surface area contributed by atoms with Crippen LogP contribution >= 0.6 is 0 Å². The summed E-state index contributed by atoms with van der Waals surface area (Å²) in [5, 5.41) is 11.6. The summed E-state index contributed by atoms with van der Waals surface area (Å²) in [6.45, 7) is 10.3. The van der Waals surface area contributed by atoms with Crippen LogP contribution in [0.3, 0.4) is 0 Å². The summed E-state index contributed by atoms with van der Waals surface area (Å²) >= 11 is 0. The smallest absolute Gasteiger partial charge is 0.338 e. The number of piperidine rings is 1. The van der Waals surface area contributed by atoms with E-state index in [0.29, 0.717) is 11.6 Å². The molecule has 0 saturated carbocycles. The Labute approximate surface area is 178 Å². The molecule has 30 heavy (non-hydrogen) atoms. The third kappa shape index (κ3) is 5.17. The zero-order valence-electron chi connectivity index (χ0n) is 18.2. The van der Waals surface area contributed by atoms with Crippen LogP contribution in [0.2, 0.25) is 0 Å². The highest BCUT2D eigenvalue weighted by molar-refractivity contribution is 5.91. The number of carbonyl (C=O) groups is 1. The quantitative estimate of drug-likeness (QED) is 0.370. The fourth-order valence-corrected chi connectivity index (χ4v) is 3.65. The Morgan fingerprint density at radius 1 is 1.13 bits per heavy atom. The lowest BCUT2D eigenvalue weighted by atomic mass is 9.87. The molecule has 6 nitrogen and oxygen atoms in total. The van der Waals surface area contributed by atoms with Gasteiger partial charge in [0.05, 0.1) is 10.5 Å². The van der Waals surface area contributed by atoms with E-state index in [9.17, 15) is 14.9 Å². The zero-order valence-corrected chi connectivity index (χ0v) is 18.2. The van der Waals surface area contributed by atoms with Crippen LogP contribution < -0.4 is 4.90 Å². The molecule has 2 aromatic rings. The monoisotopic (exact) mass is 410 g/mol. The first kappa shape index (κ1) is 21.8. The predicted molar refractivity (Wildman–Crippen MR) is 118 cm³/mol. The van der Waals surface area contributed by atoms with Gasteiger partial charge in [-0.25, -0.2) is 4.79 Å². The van der Waals surface area contributed by atoms with Crippen molar-refractivity contribution >= 4 is 17.3 Å². The van der Waals surface area contributed by atoms with E-state index in [-0.39, 0.29) is 23.3 Å². The summed E-state index contributed by atoms with van der Waals surface area (Å²) in [5.74, 6) is 0.0730. The lowest BCUT2D eigenvalue weighted by molar-refractivity contribution is -0.384. The maximum atomic E-state index is 12.5. The van der Waals surface area contributed by atoms with Crippen molar-refractivity contribution in [1.82, 2.24) is 0 Å². The molecule has 0 radical (unpaired) electrons. The molecule has 6 heteroatoms. The van der Waals surface area contributed by atoms with E-state index in [1.807, 2.05) is 29.2 Å². The molecule has 0 spiro atoms. The van der Waals surface area contributed by atoms with Crippen LogP contribution in [0.4, 0.5) is 11.4 Å². The molecular formula is C24H30N2O4. The van der Waals surface area contributed by atoms with Crippen molar-refractivity contribution in [3.63, 3.8) is 0 Å². The van der Waals surface area contributed by atoms with E-state index >= 15 is 0 Å². The van der Waals surface area contributed by atoms with Gasteiger partial charge in [-0.2, -0.15) is 0 Å². The van der Waals surface area contributed by atoms with Crippen molar-refractivity contribution < 1.29 is 14.5 Å². The number of nitrogens with zero attached hydrogens (tertiary/aromatic N) is 2. The highest BCUT2D eigenvalue weighted by atomic mass is 16.6. The van der Waals surface area contributed by atoms with Gasteiger partial charge in [-0.3, -0.25) is 10.1 Å². The molecule has 0 amide bonds. The third-order valence-corrected chi connectivity index (χ3v) is 5.72. The summed E-state index contributed by atoms with van der Waals surface area (Å²) in [4.78, 5) is 25.7. The number of nitro groups is 1. The van der Waals surface area contributed by atoms with Crippen LogP contribution in [0.1, 0.15) is 62.0 Å². The molecule has 0 unspecified atom stereocenters. The first-order valence-electron chi connectivity index (χ1n) is 10.4. The number of nitro benzene ring substituents is 1. The topological polar surface area (TPSA) is 72.7 Å². The van der Waals surface area contributed by atoms with E-state index in [0.717, 1.165) is 31.5 Å². The van der Waals surface area contributed by atoms with Gasteiger partial charge in [-0.05, 0) is 47.4 Å². The molecule has 0 atom stereocenters. The second-order valence-corrected chi connectivity index (χ2v) is 9.15. The van der Waals surface area contributed by atoms with E-state index in [1.165, 1.54) is 11.6 Å². The van der Waals surface area contributed by atoms with Crippen molar-refractivity contribution in [2.75, 3.05) is 18.0 Å². The maximum absolute atomic E-state index is 12.5. The maximum Gasteiger partial charge on any atom is 0.338 e. The lowest BCUT2D eigenvalue weighted by Gasteiger charge is -2.31. The Bertz CT molecular complexity index is 908. The number of esters is 1. The second-order valence-electron chi connectivity index (χ2n) is 9.15. The molecule has 160 valence electrons. The zero-order chi connectivity index (χ0) is 21.9. The molecule has 0 bridgehead atoms. The number of carbonyl (C=O) groups excluding carboxylic acids is 1. The number of rotatable bonds is 5. The SMILES string of the molecule is CC1CCN(c2ccc(C(=O)OCc3ccc(C(C)(C)C)cc3)cc2[N+](=O)[O-])CC1. The summed E-state index contributed by atoms with van der Waals surface area (Å²) < 4.78 is 5.40. The van der Waals surface area contributed by atoms with Crippen molar-refractivity contribution in [1.29, 1.82) is 0 Å². The first-order valence-corrected chi connectivity index (χ1v) is 10.4. The van der Waals surface area contributed by atoms with Gasteiger partial charge in [0.25, 0.3) is 5.69 Å². The molecular weight excluding hydrogens is 380 g/mol. The highest BCUT2D eigenvalue weighted by Crippen LogP contribution is 2.32. The first-order chi connectivity index (χ1) is 14.1. The average Bonchev–Trinajstić information content (AvgIpc) is 2.72. The van der Waals surface area contributed by atoms with Crippen LogP contribution in [0.5, 0.6) is 0 Å². The van der Waals surface area contributed by atoms with Gasteiger partial charge in [0.15, 0.2) is 0 Å². The van der Waals surface area contributed by atoms with E-state index in [4.69, 9.17) is 4.74 Å². The molecule has 1 aliphatic heterocycles. The molecule has 2 aromatic carbocycles. The Morgan fingerprint density at radius 2 is 1.77 bits per heavy atom. The minimum atomic E-state index is -0.559. The largest absolute Gasteiger partial charge is 0.457 e. The molecule has 0 aliphatic carbocycles. The minimum Gasteiger partial charge on any atom is -0.457 e. The Morgan fingerprint density at radius 3 is 2.33 bits per heavy atom.